The van der Waals surface area contributed by atoms with E-state index in [1.165, 1.54) is 0 Å². The van der Waals surface area contributed by atoms with Crippen LogP contribution in [-0.4, -0.2) is 16.0 Å². The molecule has 1 aromatic heterocycles. The molecule has 84 valence electrons. The van der Waals surface area contributed by atoms with Crippen LogP contribution in [0.5, 0.6) is 0 Å². The van der Waals surface area contributed by atoms with Crippen LogP contribution in [0.3, 0.4) is 0 Å². The molecular formula is C11H12ClN3O. The summed E-state index contributed by atoms with van der Waals surface area (Å²) in [5.41, 5.74) is 6.65. The third-order valence-electron chi connectivity index (χ3n) is 2.31. The molecule has 0 saturated heterocycles. The van der Waals surface area contributed by atoms with E-state index < -0.39 is 5.69 Å². The predicted molar refractivity (Wildman–Crippen MR) is 64.7 cm³/mol. The molecule has 0 fully saturated rings. The number of aromatic amines is 1. The Morgan fingerprint density at radius 2 is 2.31 bits per heavy atom. The lowest BCUT2D eigenvalue weighted by Gasteiger charge is -2.08. The Labute approximate surface area is 97.5 Å². The first kappa shape index (κ1) is 11.1. The molecule has 1 unspecified atom stereocenters. The summed E-state index contributed by atoms with van der Waals surface area (Å²) in [6.07, 6.45) is 0.592. The van der Waals surface area contributed by atoms with Gasteiger partial charge in [-0.05, 0) is 13.0 Å². The molecule has 0 amide bonds. The van der Waals surface area contributed by atoms with Crippen LogP contribution in [0.4, 0.5) is 0 Å². The minimum absolute atomic E-state index is 0.0276. The molecule has 0 bridgehead atoms. The highest BCUT2D eigenvalue weighted by Gasteiger charge is 2.08. The predicted octanol–water partition coefficient (Wildman–Crippen LogP) is 1.47. The van der Waals surface area contributed by atoms with Crippen molar-refractivity contribution >= 4 is 22.5 Å². The topological polar surface area (TPSA) is 71.8 Å². The molecule has 0 spiro atoms. The molecule has 1 heterocycles. The number of nitrogens with two attached hydrogens (primary N) is 1. The van der Waals surface area contributed by atoms with Crippen LogP contribution in [0, 0.1) is 0 Å². The van der Waals surface area contributed by atoms with E-state index in [1.54, 1.807) is 6.07 Å². The number of halogens is 1. The summed E-state index contributed by atoms with van der Waals surface area (Å²) in [6.45, 7) is 1.88. The van der Waals surface area contributed by atoms with Crippen LogP contribution < -0.4 is 11.4 Å². The van der Waals surface area contributed by atoms with E-state index >= 15 is 0 Å². The molecule has 3 N–H and O–H groups in total. The summed E-state index contributed by atoms with van der Waals surface area (Å²) < 4.78 is 0. The van der Waals surface area contributed by atoms with E-state index in [0.29, 0.717) is 17.0 Å². The average molecular weight is 238 g/mol. The Morgan fingerprint density at radius 1 is 1.56 bits per heavy atom. The lowest BCUT2D eigenvalue weighted by molar-refractivity contribution is 0.722. The normalized spacial score (nSPS) is 12.9. The van der Waals surface area contributed by atoms with Crippen LogP contribution in [0.1, 0.15) is 12.6 Å². The van der Waals surface area contributed by atoms with Gasteiger partial charge in [-0.2, -0.15) is 4.98 Å². The first-order chi connectivity index (χ1) is 7.58. The fourth-order valence-electron chi connectivity index (χ4n) is 1.68. The summed E-state index contributed by atoms with van der Waals surface area (Å²) in [4.78, 5) is 17.9. The second kappa shape index (κ2) is 4.23. The molecule has 0 aliphatic carbocycles. The smallest absolute Gasteiger partial charge is 0.328 e. The fraction of sp³-hybridized carbons (Fsp3) is 0.273. The number of nitrogens with one attached hydrogen (secondary N) is 1. The van der Waals surface area contributed by atoms with Crippen LogP contribution >= 0.6 is 11.6 Å². The van der Waals surface area contributed by atoms with Gasteiger partial charge in [0.15, 0.2) is 0 Å². The van der Waals surface area contributed by atoms with E-state index in [1.807, 2.05) is 19.1 Å². The minimum Gasteiger partial charge on any atom is -0.328 e. The molecule has 2 rings (SSSR count). The largest absolute Gasteiger partial charge is 0.345 e. The van der Waals surface area contributed by atoms with E-state index in [0.717, 1.165) is 11.1 Å². The van der Waals surface area contributed by atoms with E-state index in [9.17, 15) is 4.79 Å². The molecule has 4 nitrogen and oxygen atoms in total. The van der Waals surface area contributed by atoms with Crippen LogP contribution in [0.15, 0.2) is 23.0 Å². The van der Waals surface area contributed by atoms with Gasteiger partial charge in [-0.15, -0.1) is 0 Å². The van der Waals surface area contributed by atoms with Crippen molar-refractivity contribution in [2.75, 3.05) is 0 Å². The molecule has 16 heavy (non-hydrogen) atoms. The SMILES string of the molecule is CC(N)Cc1[nH]c(=O)nc2c(Cl)cccc12. The Morgan fingerprint density at radius 3 is 3.00 bits per heavy atom. The van der Waals surface area contributed by atoms with Gasteiger partial charge in [0.2, 0.25) is 0 Å². The highest BCUT2D eigenvalue weighted by Crippen LogP contribution is 2.22. The Bertz CT molecular complexity index is 577. The zero-order valence-corrected chi connectivity index (χ0v) is 9.58. The van der Waals surface area contributed by atoms with Gasteiger partial charge < -0.3 is 10.7 Å². The van der Waals surface area contributed by atoms with E-state index in [4.69, 9.17) is 17.3 Å². The Kier molecular flexibility index (Phi) is 2.94. The molecule has 0 saturated carbocycles. The number of para-hydroxylation sites is 1. The zero-order chi connectivity index (χ0) is 11.7. The summed E-state index contributed by atoms with van der Waals surface area (Å²) in [7, 11) is 0. The van der Waals surface area contributed by atoms with Crippen molar-refractivity contribution in [3.63, 3.8) is 0 Å². The molecular weight excluding hydrogens is 226 g/mol. The number of hydrogen-bond acceptors (Lipinski definition) is 3. The van der Waals surface area contributed by atoms with Gasteiger partial charge in [0, 0.05) is 23.5 Å². The van der Waals surface area contributed by atoms with E-state index in [-0.39, 0.29) is 6.04 Å². The Hall–Kier alpha value is -1.39. The third kappa shape index (κ3) is 2.08. The van der Waals surface area contributed by atoms with Gasteiger partial charge in [0.1, 0.15) is 0 Å². The zero-order valence-electron chi connectivity index (χ0n) is 8.83. The van der Waals surface area contributed by atoms with Crippen molar-refractivity contribution in [2.24, 2.45) is 5.73 Å². The first-order valence-electron chi connectivity index (χ1n) is 5.01. The highest BCUT2D eigenvalue weighted by atomic mass is 35.5. The van der Waals surface area contributed by atoms with Crippen molar-refractivity contribution in [2.45, 2.75) is 19.4 Å². The molecule has 0 radical (unpaired) electrons. The number of hydrogen-bond donors (Lipinski definition) is 2. The van der Waals surface area contributed by atoms with Gasteiger partial charge in [-0.25, -0.2) is 4.79 Å². The summed E-state index contributed by atoms with van der Waals surface area (Å²) in [5.74, 6) is 0. The summed E-state index contributed by atoms with van der Waals surface area (Å²) >= 11 is 5.99. The van der Waals surface area contributed by atoms with Crippen molar-refractivity contribution in [3.05, 3.63) is 39.4 Å². The van der Waals surface area contributed by atoms with Crippen LogP contribution in [0.2, 0.25) is 5.02 Å². The van der Waals surface area contributed by atoms with Gasteiger partial charge in [-0.3, -0.25) is 0 Å². The monoisotopic (exact) mass is 237 g/mol. The van der Waals surface area contributed by atoms with Crippen molar-refractivity contribution in [3.8, 4) is 0 Å². The quantitative estimate of drug-likeness (QED) is 0.831. The fourth-order valence-corrected chi connectivity index (χ4v) is 1.90. The van der Waals surface area contributed by atoms with Gasteiger partial charge in [0.05, 0.1) is 10.5 Å². The number of rotatable bonds is 2. The van der Waals surface area contributed by atoms with E-state index in [2.05, 4.69) is 9.97 Å². The molecule has 0 aliphatic rings. The van der Waals surface area contributed by atoms with Gasteiger partial charge in [-0.1, -0.05) is 23.7 Å². The van der Waals surface area contributed by atoms with Crippen molar-refractivity contribution in [1.82, 2.24) is 9.97 Å². The van der Waals surface area contributed by atoms with Gasteiger partial charge in [0.25, 0.3) is 0 Å². The minimum atomic E-state index is -0.392. The maximum absolute atomic E-state index is 11.4. The second-order valence-corrected chi connectivity index (χ2v) is 4.25. The maximum Gasteiger partial charge on any atom is 0.345 e. The number of benzene rings is 1. The Balaban J connectivity index is 2.73. The summed E-state index contributed by atoms with van der Waals surface area (Å²) in [6, 6.07) is 5.39. The third-order valence-corrected chi connectivity index (χ3v) is 2.61. The standard InChI is InChI=1S/C11H12ClN3O/c1-6(13)5-9-7-3-2-4-8(12)10(7)15-11(16)14-9/h2-4,6H,5,13H2,1H3,(H,14,15,16). The highest BCUT2D eigenvalue weighted by molar-refractivity contribution is 6.35. The van der Waals surface area contributed by atoms with Crippen LogP contribution in [0.25, 0.3) is 10.9 Å². The molecule has 5 heteroatoms. The number of fused-ring (bicyclic) bond motifs is 1. The lowest BCUT2D eigenvalue weighted by Crippen LogP contribution is -2.22. The maximum atomic E-state index is 11.4. The second-order valence-electron chi connectivity index (χ2n) is 3.84. The number of aromatic nitrogens is 2. The first-order valence-corrected chi connectivity index (χ1v) is 5.38. The average Bonchev–Trinajstić information content (AvgIpc) is 2.18. The summed E-state index contributed by atoms with van der Waals surface area (Å²) in [5, 5.41) is 1.33. The number of nitrogens with zero attached hydrogens (tertiary/aromatic N) is 1. The molecule has 1 atom stereocenters. The lowest BCUT2D eigenvalue weighted by atomic mass is 10.1. The number of H-pyrrole nitrogens is 1. The van der Waals surface area contributed by atoms with Gasteiger partial charge >= 0.3 is 5.69 Å². The van der Waals surface area contributed by atoms with Crippen molar-refractivity contribution < 1.29 is 0 Å². The molecule has 1 aromatic carbocycles. The molecule has 0 aliphatic heterocycles. The van der Waals surface area contributed by atoms with Crippen LogP contribution in [-0.2, 0) is 6.42 Å². The molecule has 2 aromatic rings. The van der Waals surface area contributed by atoms with Crippen molar-refractivity contribution in [1.29, 1.82) is 0 Å².